The fraction of sp³-hybridized carbons (Fsp3) is 0.786. The molecule has 0 radical (unpaired) electrons. The van der Waals surface area contributed by atoms with Crippen LogP contribution in [0.1, 0.15) is 46.0 Å². The summed E-state index contributed by atoms with van der Waals surface area (Å²) in [5.41, 5.74) is 1.41. The molecule has 0 saturated carbocycles. The van der Waals surface area contributed by atoms with Crippen LogP contribution in [0.3, 0.4) is 0 Å². The Morgan fingerprint density at radius 1 is 1.40 bits per heavy atom. The van der Waals surface area contributed by atoms with E-state index < -0.39 is 0 Å². The molecule has 1 aromatic heterocycles. The fourth-order valence-corrected chi connectivity index (χ4v) is 2.45. The molecule has 1 unspecified atom stereocenters. The van der Waals surface area contributed by atoms with Crippen LogP contribution in [0.25, 0.3) is 0 Å². The van der Waals surface area contributed by atoms with E-state index in [1.807, 2.05) is 6.92 Å². The number of likely N-dealkylation sites (N-methyl/N-ethyl adjacent to an activating group) is 1. The van der Waals surface area contributed by atoms with Gasteiger partial charge in [-0.05, 0) is 25.8 Å². The Morgan fingerprint density at radius 3 is 2.40 bits per heavy atom. The summed E-state index contributed by atoms with van der Waals surface area (Å²) in [4.78, 5) is 11.0. The van der Waals surface area contributed by atoms with Crippen molar-refractivity contribution in [1.82, 2.24) is 15.1 Å². The number of nitrogens with one attached hydrogen (secondary N) is 1. The van der Waals surface area contributed by atoms with Crippen LogP contribution in [-0.4, -0.2) is 27.3 Å². The smallest absolute Gasteiger partial charge is 0.313 e. The Hall–Kier alpha value is -1.43. The maximum atomic E-state index is 11.3. The predicted molar refractivity (Wildman–Crippen MR) is 79.9 cm³/mol. The second-order valence-corrected chi connectivity index (χ2v) is 6.13. The third-order valence-electron chi connectivity index (χ3n) is 3.57. The second-order valence-electron chi connectivity index (χ2n) is 6.13. The first-order valence-electron chi connectivity index (χ1n) is 7.16. The zero-order valence-corrected chi connectivity index (χ0v) is 13.4. The van der Waals surface area contributed by atoms with Crippen molar-refractivity contribution in [2.24, 2.45) is 5.41 Å². The summed E-state index contributed by atoms with van der Waals surface area (Å²) in [7, 11) is 0. The van der Waals surface area contributed by atoms with Gasteiger partial charge in [0.2, 0.25) is 0 Å². The van der Waals surface area contributed by atoms with E-state index in [0.29, 0.717) is 18.7 Å². The molecule has 20 heavy (non-hydrogen) atoms. The van der Waals surface area contributed by atoms with Crippen LogP contribution in [0.4, 0.5) is 5.69 Å². The first-order chi connectivity index (χ1) is 9.22. The number of rotatable bonds is 6. The van der Waals surface area contributed by atoms with E-state index in [1.165, 1.54) is 0 Å². The van der Waals surface area contributed by atoms with Gasteiger partial charge in [-0.1, -0.05) is 27.7 Å². The summed E-state index contributed by atoms with van der Waals surface area (Å²) in [5, 5.41) is 19.0. The third kappa shape index (κ3) is 3.56. The van der Waals surface area contributed by atoms with Gasteiger partial charge in [-0.25, -0.2) is 0 Å². The lowest BCUT2D eigenvalue weighted by atomic mass is 9.83. The molecule has 1 N–H and O–H groups in total. The zero-order chi connectivity index (χ0) is 15.5. The SMILES string of the molecule is CCNC(Cc1c([N+](=O)[O-])c(C)nn1CC)C(C)(C)C. The van der Waals surface area contributed by atoms with Crippen LogP contribution >= 0.6 is 0 Å². The molecule has 1 heterocycles. The van der Waals surface area contributed by atoms with Gasteiger partial charge in [0.05, 0.1) is 4.92 Å². The van der Waals surface area contributed by atoms with Crippen LogP contribution in [0.2, 0.25) is 0 Å². The normalized spacial score (nSPS) is 13.5. The maximum Gasteiger partial charge on any atom is 0.313 e. The second kappa shape index (κ2) is 6.35. The summed E-state index contributed by atoms with van der Waals surface area (Å²) < 4.78 is 1.75. The third-order valence-corrected chi connectivity index (χ3v) is 3.57. The first-order valence-corrected chi connectivity index (χ1v) is 7.16. The summed E-state index contributed by atoms with van der Waals surface area (Å²) in [5.74, 6) is 0. The van der Waals surface area contributed by atoms with Gasteiger partial charge in [0.25, 0.3) is 0 Å². The van der Waals surface area contributed by atoms with Crippen molar-refractivity contribution in [2.75, 3.05) is 6.54 Å². The predicted octanol–water partition coefficient (Wildman–Crippen LogP) is 2.69. The quantitative estimate of drug-likeness (QED) is 0.643. The van der Waals surface area contributed by atoms with Crippen molar-refractivity contribution < 1.29 is 4.92 Å². The van der Waals surface area contributed by atoms with E-state index >= 15 is 0 Å². The molecule has 1 aromatic rings. The van der Waals surface area contributed by atoms with Gasteiger partial charge in [-0.3, -0.25) is 14.8 Å². The highest BCUT2D eigenvalue weighted by molar-refractivity contribution is 5.41. The Labute approximate surface area is 120 Å². The minimum atomic E-state index is -0.310. The molecule has 0 aliphatic rings. The average Bonchev–Trinajstić information content (AvgIpc) is 2.63. The standard InChI is InChI=1S/C14H26N4O2/c1-7-15-12(14(4,5)6)9-11-13(18(19)20)10(3)16-17(11)8-2/h12,15H,7-9H2,1-6H3. The Balaban J connectivity index is 3.20. The average molecular weight is 282 g/mol. The minimum absolute atomic E-state index is 0.0284. The lowest BCUT2D eigenvalue weighted by molar-refractivity contribution is -0.386. The Bertz CT molecular complexity index is 474. The molecule has 6 heteroatoms. The first kappa shape index (κ1) is 16.6. The lowest BCUT2D eigenvalue weighted by Gasteiger charge is -2.31. The van der Waals surface area contributed by atoms with Gasteiger partial charge in [-0.2, -0.15) is 5.10 Å². The van der Waals surface area contributed by atoms with Crippen molar-refractivity contribution >= 4 is 5.69 Å². The van der Waals surface area contributed by atoms with Crippen molar-refractivity contribution in [3.05, 3.63) is 21.5 Å². The highest BCUT2D eigenvalue weighted by Gasteiger charge is 2.31. The van der Waals surface area contributed by atoms with E-state index in [1.54, 1.807) is 11.6 Å². The van der Waals surface area contributed by atoms with E-state index in [9.17, 15) is 10.1 Å². The van der Waals surface area contributed by atoms with E-state index in [-0.39, 0.29) is 22.1 Å². The molecule has 0 saturated heterocycles. The van der Waals surface area contributed by atoms with Gasteiger partial charge in [-0.15, -0.1) is 0 Å². The van der Waals surface area contributed by atoms with E-state index in [2.05, 4.69) is 38.1 Å². The van der Waals surface area contributed by atoms with Crippen molar-refractivity contribution in [3.8, 4) is 0 Å². The summed E-state index contributed by atoms with van der Waals surface area (Å²) in [6.07, 6.45) is 0.613. The maximum absolute atomic E-state index is 11.3. The van der Waals surface area contributed by atoms with Gasteiger partial charge in [0, 0.05) is 19.0 Å². The number of hydrogen-bond donors (Lipinski definition) is 1. The number of aryl methyl sites for hydroxylation is 2. The molecule has 0 fully saturated rings. The molecule has 0 bridgehead atoms. The molecule has 6 nitrogen and oxygen atoms in total. The number of hydrogen-bond acceptors (Lipinski definition) is 4. The van der Waals surface area contributed by atoms with Crippen molar-refractivity contribution in [2.45, 2.75) is 60.5 Å². The largest absolute Gasteiger partial charge is 0.313 e. The van der Waals surface area contributed by atoms with Crippen molar-refractivity contribution in [3.63, 3.8) is 0 Å². The molecule has 0 aliphatic carbocycles. The molecule has 0 amide bonds. The molecule has 0 aromatic carbocycles. The van der Waals surface area contributed by atoms with E-state index in [0.717, 1.165) is 12.2 Å². The molecule has 1 atom stereocenters. The summed E-state index contributed by atoms with van der Waals surface area (Å²) in [6.45, 7) is 13.6. The van der Waals surface area contributed by atoms with Crippen molar-refractivity contribution in [1.29, 1.82) is 0 Å². The molecule has 0 spiro atoms. The van der Waals surface area contributed by atoms with Gasteiger partial charge >= 0.3 is 5.69 Å². The molecule has 1 rings (SSSR count). The monoisotopic (exact) mass is 282 g/mol. The van der Waals surface area contributed by atoms with Gasteiger partial charge in [0.15, 0.2) is 0 Å². The molecular weight excluding hydrogens is 256 g/mol. The molecule has 114 valence electrons. The zero-order valence-electron chi connectivity index (χ0n) is 13.4. The number of nitro groups is 1. The minimum Gasteiger partial charge on any atom is -0.313 e. The highest BCUT2D eigenvalue weighted by Crippen LogP contribution is 2.29. The fourth-order valence-electron chi connectivity index (χ4n) is 2.45. The Kier molecular flexibility index (Phi) is 5.28. The van der Waals surface area contributed by atoms with E-state index in [4.69, 9.17) is 0 Å². The number of aromatic nitrogens is 2. The Morgan fingerprint density at radius 2 is 2.00 bits per heavy atom. The van der Waals surface area contributed by atoms with Crippen LogP contribution in [0.15, 0.2) is 0 Å². The highest BCUT2D eigenvalue weighted by atomic mass is 16.6. The van der Waals surface area contributed by atoms with Crippen LogP contribution in [-0.2, 0) is 13.0 Å². The van der Waals surface area contributed by atoms with Crippen LogP contribution in [0.5, 0.6) is 0 Å². The topological polar surface area (TPSA) is 73.0 Å². The van der Waals surface area contributed by atoms with Gasteiger partial charge in [0.1, 0.15) is 11.4 Å². The summed E-state index contributed by atoms with van der Waals surface area (Å²) >= 11 is 0. The number of nitrogens with zero attached hydrogens (tertiary/aromatic N) is 3. The van der Waals surface area contributed by atoms with Crippen LogP contribution < -0.4 is 5.32 Å². The van der Waals surface area contributed by atoms with Crippen LogP contribution in [0, 0.1) is 22.5 Å². The lowest BCUT2D eigenvalue weighted by Crippen LogP contribution is -2.42. The summed E-state index contributed by atoms with van der Waals surface area (Å²) in [6, 6.07) is 0.174. The molecule has 0 aliphatic heterocycles. The van der Waals surface area contributed by atoms with Gasteiger partial charge < -0.3 is 5.32 Å². The molecular formula is C14H26N4O2.